The number of rotatable bonds is 4. The van der Waals surface area contributed by atoms with Crippen LogP contribution in [0, 0.1) is 12.8 Å². The first kappa shape index (κ1) is 22.2. The van der Waals surface area contributed by atoms with Crippen LogP contribution < -0.4 is 5.32 Å². The van der Waals surface area contributed by atoms with Gasteiger partial charge in [0, 0.05) is 27.4 Å². The number of ether oxygens (including phenoxy) is 1. The van der Waals surface area contributed by atoms with Gasteiger partial charge in [-0.2, -0.15) is 0 Å². The molecule has 2 heterocycles. The maximum atomic E-state index is 12.8. The highest BCUT2D eigenvalue weighted by atomic mass is 79.9. The van der Waals surface area contributed by atoms with Crippen LogP contribution in [0.4, 0.5) is 5.69 Å². The van der Waals surface area contributed by atoms with E-state index in [0.29, 0.717) is 9.76 Å². The van der Waals surface area contributed by atoms with E-state index in [2.05, 4.69) is 33.2 Å². The van der Waals surface area contributed by atoms with Crippen LogP contribution in [0.15, 0.2) is 51.3 Å². The Kier molecular flexibility index (Phi) is 6.08. The zero-order chi connectivity index (χ0) is 22.4. The number of benzene rings is 1. The van der Waals surface area contributed by atoms with E-state index < -0.39 is 5.97 Å². The molecule has 4 rings (SSSR count). The van der Waals surface area contributed by atoms with E-state index in [1.165, 1.54) is 0 Å². The number of esters is 1. The highest BCUT2D eigenvalue weighted by Crippen LogP contribution is 2.48. The third kappa shape index (κ3) is 3.75. The molecule has 1 aliphatic heterocycles. The van der Waals surface area contributed by atoms with Gasteiger partial charge in [-0.15, -0.1) is 0 Å². The molecule has 2 unspecified atom stereocenters. The van der Waals surface area contributed by atoms with Gasteiger partial charge in [0.2, 0.25) is 0 Å². The highest BCUT2D eigenvalue weighted by Gasteiger charge is 2.39. The molecule has 0 saturated heterocycles. The third-order valence-corrected chi connectivity index (χ3v) is 6.95. The summed E-state index contributed by atoms with van der Waals surface area (Å²) in [7, 11) is 0. The fourth-order valence-electron chi connectivity index (χ4n) is 4.22. The first-order valence-electron chi connectivity index (χ1n) is 10.0. The van der Waals surface area contributed by atoms with Gasteiger partial charge in [0.1, 0.15) is 0 Å². The van der Waals surface area contributed by atoms with Crippen molar-refractivity contribution in [2.24, 2.45) is 5.92 Å². The second kappa shape index (κ2) is 8.49. The van der Waals surface area contributed by atoms with Crippen LogP contribution in [-0.2, 0) is 4.74 Å². The first-order chi connectivity index (χ1) is 14.7. The SMILES string of the molecule is CCOC(=O)c1nc(Br)n2c1C(Nc1cc(Cl)ccc1C)C1=CC=C(Cl)C(C)C1=C2C. The van der Waals surface area contributed by atoms with Crippen molar-refractivity contribution in [3.63, 3.8) is 0 Å². The summed E-state index contributed by atoms with van der Waals surface area (Å²) >= 11 is 16.3. The number of fused-ring (bicyclic) bond motifs is 2. The molecule has 8 heteroatoms. The van der Waals surface area contributed by atoms with E-state index >= 15 is 0 Å². The number of nitrogens with one attached hydrogen (secondary N) is 1. The number of imidazole rings is 1. The Morgan fingerprint density at radius 3 is 2.74 bits per heavy atom. The molecular formula is C23H22BrCl2N3O2. The molecule has 5 nitrogen and oxygen atoms in total. The van der Waals surface area contributed by atoms with Gasteiger partial charge < -0.3 is 10.1 Å². The van der Waals surface area contributed by atoms with Crippen LogP contribution >= 0.6 is 39.1 Å². The van der Waals surface area contributed by atoms with Gasteiger partial charge in [-0.1, -0.05) is 42.3 Å². The Morgan fingerprint density at radius 2 is 2.03 bits per heavy atom. The van der Waals surface area contributed by atoms with E-state index in [-0.39, 0.29) is 24.3 Å². The molecule has 1 aliphatic carbocycles. The molecule has 31 heavy (non-hydrogen) atoms. The van der Waals surface area contributed by atoms with Crippen molar-refractivity contribution in [3.05, 3.63) is 73.2 Å². The van der Waals surface area contributed by atoms with Crippen molar-refractivity contribution in [2.75, 3.05) is 11.9 Å². The summed E-state index contributed by atoms with van der Waals surface area (Å²) in [6.07, 6.45) is 3.93. The fourth-order valence-corrected chi connectivity index (χ4v) is 5.20. The molecule has 2 atom stereocenters. The van der Waals surface area contributed by atoms with Gasteiger partial charge in [0.25, 0.3) is 0 Å². The van der Waals surface area contributed by atoms with Crippen molar-refractivity contribution in [3.8, 4) is 0 Å². The number of carbonyl (C=O) groups is 1. The smallest absolute Gasteiger partial charge is 0.358 e. The summed E-state index contributed by atoms with van der Waals surface area (Å²) in [6, 6.07) is 5.35. The molecule has 162 valence electrons. The fraction of sp³-hybridized carbons (Fsp3) is 0.304. The lowest BCUT2D eigenvalue weighted by Gasteiger charge is -2.36. The van der Waals surface area contributed by atoms with Gasteiger partial charge >= 0.3 is 5.97 Å². The Bertz CT molecular complexity index is 1180. The van der Waals surface area contributed by atoms with E-state index in [4.69, 9.17) is 27.9 Å². The van der Waals surface area contributed by atoms with Crippen LogP contribution in [0.2, 0.25) is 5.02 Å². The zero-order valence-corrected chi connectivity index (χ0v) is 20.7. The Labute approximate surface area is 199 Å². The molecule has 1 aromatic carbocycles. The predicted molar refractivity (Wildman–Crippen MR) is 129 cm³/mol. The van der Waals surface area contributed by atoms with Crippen LogP contribution in [0.25, 0.3) is 5.70 Å². The molecule has 0 amide bonds. The third-order valence-electron chi connectivity index (χ3n) is 5.73. The van der Waals surface area contributed by atoms with Crippen LogP contribution in [-0.4, -0.2) is 22.1 Å². The quantitative estimate of drug-likeness (QED) is 0.444. The number of nitrogens with zero attached hydrogens (tertiary/aromatic N) is 2. The van der Waals surface area contributed by atoms with Crippen LogP contribution in [0.5, 0.6) is 0 Å². The average Bonchev–Trinajstić information content (AvgIpc) is 3.07. The second-order valence-corrected chi connectivity index (χ2v) is 9.18. The van der Waals surface area contributed by atoms with Crippen molar-refractivity contribution in [1.29, 1.82) is 0 Å². The minimum Gasteiger partial charge on any atom is -0.461 e. The number of allylic oxidation sites excluding steroid dienone is 4. The number of hydrogen-bond donors (Lipinski definition) is 1. The molecular weight excluding hydrogens is 501 g/mol. The van der Waals surface area contributed by atoms with E-state index in [9.17, 15) is 4.79 Å². The maximum absolute atomic E-state index is 12.8. The standard InChI is InChI=1S/C23H22BrCl2N3O2/c1-5-31-22(30)20-21-19(27-17-10-14(25)7-6-11(17)2)15-8-9-16(26)12(3)18(15)13(4)29(21)23(24)28-20/h6-10,12,19,27H,5H2,1-4H3. The lowest BCUT2D eigenvalue weighted by molar-refractivity contribution is 0.0518. The van der Waals surface area contributed by atoms with Crippen molar-refractivity contribution in [2.45, 2.75) is 33.7 Å². The highest BCUT2D eigenvalue weighted by molar-refractivity contribution is 9.10. The molecule has 1 N–H and O–H groups in total. The monoisotopic (exact) mass is 521 g/mol. The topological polar surface area (TPSA) is 56.1 Å². The first-order valence-corrected chi connectivity index (χ1v) is 11.6. The molecule has 0 fully saturated rings. The Hall–Kier alpha value is -2.02. The summed E-state index contributed by atoms with van der Waals surface area (Å²) < 4.78 is 7.81. The minimum atomic E-state index is -0.458. The van der Waals surface area contributed by atoms with E-state index in [1.807, 2.05) is 48.8 Å². The lowest BCUT2D eigenvalue weighted by atomic mass is 9.80. The van der Waals surface area contributed by atoms with Gasteiger partial charge in [0.05, 0.1) is 18.3 Å². The number of carbonyl (C=O) groups excluding carboxylic acids is 1. The summed E-state index contributed by atoms with van der Waals surface area (Å²) in [6.45, 7) is 8.15. The number of aryl methyl sites for hydroxylation is 1. The van der Waals surface area contributed by atoms with Crippen LogP contribution in [0.3, 0.4) is 0 Å². The van der Waals surface area contributed by atoms with Crippen molar-refractivity contribution >= 4 is 56.5 Å². The maximum Gasteiger partial charge on any atom is 0.358 e. The molecule has 0 radical (unpaired) electrons. The predicted octanol–water partition coefficient (Wildman–Crippen LogP) is 6.88. The molecule has 0 saturated carbocycles. The molecule has 2 aliphatic rings. The lowest BCUT2D eigenvalue weighted by Crippen LogP contribution is -2.29. The van der Waals surface area contributed by atoms with Gasteiger partial charge in [-0.25, -0.2) is 9.78 Å². The summed E-state index contributed by atoms with van der Waals surface area (Å²) in [5, 5.41) is 5.00. The average molecular weight is 523 g/mol. The molecule has 1 aromatic heterocycles. The van der Waals surface area contributed by atoms with Crippen LogP contribution in [0.1, 0.15) is 48.6 Å². The number of aromatic nitrogens is 2. The largest absolute Gasteiger partial charge is 0.461 e. The van der Waals surface area contributed by atoms with Gasteiger partial charge in [-0.05, 0) is 71.6 Å². The summed E-state index contributed by atoms with van der Waals surface area (Å²) in [5.41, 5.74) is 6.03. The van der Waals surface area contributed by atoms with Gasteiger partial charge in [-0.3, -0.25) is 4.57 Å². The molecule has 2 aromatic rings. The number of hydrogen-bond acceptors (Lipinski definition) is 4. The number of anilines is 1. The number of halogens is 3. The second-order valence-electron chi connectivity index (χ2n) is 7.60. The minimum absolute atomic E-state index is 0.0138. The van der Waals surface area contributed by atoms with Crippen molar-refractivity contribution in [1.82, 2.24) is 9.55 Å². The normalized spacial score (nSPS) is 20.0. The summed E-state index contributed by atoms with van der Waals surface area (Å²) in [4.78, 5) is 17.3. The zero-order valence-electron chi connectivity index (χ0n) is 17.6. The van der Waals surface area contributed by atoms with E-state index in [1.54, 1.807) is 6.92 Å². The Morgan fingerprint density at radius 1 is 1.29 bits per heavy atom. The van der Waals surface area contributed by atoms with E-state index in [0.717, 1.165) is 38.8 Å². The van der Waals surface area contributed by atoms with Crippen molar-refractivity contribution < 1.29 is 9.53 Å². The molecule has 0 spiro atoms. The Balaban J connectivity index is 1.97. The summed E-state index contributed by atoms with van der Waals surface area (Å²) in [5.74, 6) is -0.444. The van der Waals surface area contributed by atoms with Gasteiger partial charge in [0.15, 0.2) is 10.4 Å². The molecule has 0 bridgehead atoms.